The molecule has 94 valence electrons. The molecule has 2 rings (SSSR count). The van der Waals surface area contributed by atoms with E-state index in [2.05, 4.69) is 20.2 Å². The Morgan fingerprint density at radius 1 is 1.47 bits per heavy atom. The number of methoxy groups -OCH3 is 1. The minimum atomic E-state index is 0.629. The van der Waals surface area contributed by atoms with Gasteiger partial charge in [0.2, 0.25) is 5.95 Å². The molecule has 0 amide bonds. The summed E-state index contributed by atoms with van der Waals surface area (Å²) < 4.78 is 5.16. The third kappa shape index (κ3) is 3.06. The number of rotatable bonds is 6. The minimum Gasteiger partial charge on any atom is -0.383 e. The molecule has 0 unspecified atom stereocenters. The molecule has 1 N–H and O–H groups in total. The average molecular weight is 236 g/mol. The largest absolute Gasteiger partial charge is 0.383 e. The molecule has 0 radical (unpaired) electrons. The van der Waals surface area contributed by atoms with Gasteiger partial charge in [-0.2, -0.15) is 4.98 Å². The minimum absolute atomic E-state index is 0.629. The Balaban J connectivity index is 2.18. The molecule has 17 heavy (non-hydrogen) atoms. The Bertz CT molecular complexity index is 379. The van der Waals surface area contributed by atoms with Gasteiger partial charge in [-0.15, -0.1) is 0 Å². The standard InChI is InChI=1S/C12H20N4O/c1-9-8-11(15-12(13-2)14-9)16(6-7-17-3)10-4-5-10/h8,10H,4-7H2,1-3H3,(H,13,14,15). The second-order valence-corrected chi connectivity index (χ2v) is 4.36. The topological polar surface area (TPSA) is 50.3 Å². The highest BCUT2D eigenvalue weighted by molar-refractivity contribution is 5.46. The van der Waals surface area contributed by atoms with E-state index in [4.69, 9.17) is 4.74 Å². The van der Waals surface area contributed by atoms with Gasteiger partial charge in [-0.1, -0.05) is 0 Å². The molecule has 1 aliphatic carbocycles. The highest BCUT2D eigenvalue weighted by atomic mass is 16.5. The first-order valence-corrected chi connectivity index (χ1v) is 6.03. The summed E-state index contributed by atoms with van der Waals surface area (Å²) in [5, 5.41) is 3.00. The summed E-state index contributed by atoms with van der Waals surface area (Å²) in [6.45, 7) is 3.61. The van der Waals surface area contributed by atoms with E-state index >= 15 is 0 Å². The zero-order valence-electron chi connectivity index (χ0n) is 10.7. The molecule has 5 nitrogen and oxygen atoms in total. The quantitative estimate of drug-likeness (QED) is 0.810. The van der Waals surface area contributed by atoms with E-state index in [0.717, 1.165) is 24.7 Å². The second kappa shape index (κ2) is 5.31. The summed E-state index contributed by atoms with van der Waals surface area (Å²) in [4.78, 5) is 11.1. The molecule has 0 aliphatic heterocycles. The third-order valence-corrected chi connectivity index (χ3v) is 2.88. The van der Waals surface area contributed by atoms with Crippen LogP contribution in [-0.2, 0) is 4.74 Å². The molecule has 0 saturated heterocycles. The van der Waals surface area contributed by atoms with Gasteiger partial charge in [0.1, 0.15) is 5.82 Å². The van der Waals surface area contributed by atoms with Crippen molar-refractivity contribution in [3.8, 4) is 0 Å². The number of hydrogen-bond donors (Lipinski definition) is 1. The van der Waals surface area contributed by atoms with Crippen LogP contribution < -0.4 is 10.2 Å². The molecule has 0 spiro atoms. The van der Waals surface area contributed by atoms with Crippen LogP contribution in [0.1, 0.15) is 18.5 Å². The normalized spacial score (nSPS) is 14.8. The van der Waals surface area contributed by atoms with Gasteiger partial charge in [-0.3, -0.25) is 0 Å². The van der Waals surface area contributed by atoms with Crippen LogP contribution in [-0.4, -0.2) is 43.3 Å². The highest BCUT2D eigenvalue weighted by Gasteiger charge is 2.30. The SMILES string of the molecule is CNc1nc(C)cc(N(CCOC)C2CC2)n1. The lowest BCUT2D eigenvalue weighted by molar-refractivity contribution is 0.204. The van der Waals surface area contributed by atoms with Crippen molar-refractivity contribution in [2.45, 2.75) is 25.8 Å². The molecule has 1 aromatic heterocycles. The maximum atomic E-state index is 5.16. The van der Waals surface area contributed by atoms with Gasteiger partial charge in [0, 0.05) is 38.5 Å². The Morgan fingerprint density at radius 3 is 2.82 bits per heavy atom. The van der Waals surface area contributed by atoms with Crippen molar-refractivity contribution < 1.29 is 4.74 Å². The average Bonchev–Trinajstić information content (AvgIpc) is 3.13. The lowest BCUT2D eigenvalue weighted by Crippen LogP contribution is -2.30. The van der Waals surface area contributed by atoms with E-state index in [-0.39, 0.29) is 0 Å². The number of anilines is 2. The van der Waals surface area contributed by atoms with Crippen molar-refractivity contribution in [1.29, 1.82) is 0 Å². The molecular formula is C12H20N4O. The van der Waals surface area contributed by atoms with Crippen molar-refractivity contribution in [1.82, 2.24) is 9.97 Å². The van der Waals surface area contributed by atoms with Gasteiger partial charge in [0.15, 0.2) is 0 Å². The molecule has 0 bridgehead atoms. The van der Waals surface area contributed by atoms with Crippen LogP contribution in [0.15, 0.2) is 6.07 Å². The van der Waals surface area contributed by atoms with Crippen molar-refractivity contribution in [2.75, 3.05) is 37.5 Å². The first-order chi connectivity index (χ1) is 8.24. The molecule has 1 heterocycles. The molecule has 5 heteroatoms. The maximum Gasteiger partial charge on any atom is 0.224 e. The van der Waals surface area contributed by atoms with E-state index in [0.29, 0.717) is 12.0 Å². The molecule has 1 aromatic rings. The fourth-order valence-electron chi connectivity index (χ4n) is 1.87. The Hall–Kier alpha value is -1.36. The van der Waals surface area contributed by atoms with E-state index in [1.807, 2.05) is 20.0 Å². The van der Waals surface area contributed by atoms with Crippen LogP contribution in [0.4, 0.5) is 11.8 Å². The zero-order valence-corrected chi connectivity index (χ0v) is 10.7. The van der Waals surface area contributed by atoms with Gasteiger partial charge in [0.25, 0.3) is 0 Å². The summed E-state index contributed by atoms with van der Waals surface area (Å²) in [7, 11) is 3.57. The Labute approximate surface area is 102 Å². The van der Waals surface area contributed by atoms with E-state index in [9.17, 15) is 0 Å². The number of nitrogens with zero attached hydrogens (tertiary/aromatic N) is 3. The summed E-state index contributed by atoms with van der Waals surface area (Å²) >= 11 is 0. The molecular weight excluding hydrogens is 216 g/mol. The molecule has 1 fully saturated rings. The maximum absolute atomic E-state index is 5.16. The van der Waals surface area contributed by atoms with Gasteiger partial charge < -0.3 is 15.0 Å². The van der Waals surface area contributed by atoms with Crippen molar-refractivity contribution in [3.05, 3.63) is 11.8 Å². The van der Waals surface area contributed by atoms with E-state index in [1.165, 1.54) is 12.8 Å². The zero-order chi connectivity index (χ0) is 12.3. The van der Waals surface area contributed by atoms with Crippen LogP contribution in [0.25, 0.3) is 0 Å². The van der Waals surface area contributed by atoms with Crippen LogP contribution in [0.3, 0.4) is 0 Å². The lowest BCUT2D eigenvalue weighted by atomic mass is 10.3. The van der Waals surface area contributed by atoms with Crippen LogP contribution in [0.5, 0.6) is 0 Å². The number of hydrogen-bond acceptors (Lipinski definition) is 5. The van der Waals surface area contributed by atoms with Crippen molar-refractivity contribution >= 4 is 11.8 Å². The van der Waals surface area contributed by atoms with Gasteiger partial charge >= 0.3 is 0 Å². The molecule has 0 atom stereocenters. The van der Waals surface area contributed by atoms with E-state index in [1.54, 1.807) is 7.11 Å². The van der Waals surface area contributed by atoms with Crippen molar-refractivity contribution in [2.24, 2.45) is 0 Å². The smallest absolute Gasteiger partial charge is 0.224 e. The number of aryl methyl sites for hydroxylation is 1. The Morgan fingerprint density at radius 2 is 2.24 bits per heavy atom. The number of nitrogens with one attached hydrogen (secondary N) is 1. The fraction of sp³-hybridized carbons (Fsp3) is 0.667. The Kier molecular flexibility index (Phi) is 3.78. The summed E-state index contributed by atoms with van der Waals surface area (Å²) in [5.41, 5.74) is 0.988. The fourth-order valence-corrected chi connectivity index (χ4v) is 1.87. The summed E-state index contributed by atoms with van der Waals surface area (Å²) in [5.74, 6) is 1.68. The van der Waals surface area contributed by atoms with Crippen LogP contribution in [0, 0.1) is 6.92 Å². The van der Waals surface area contributed by atoms with Crippen molar-refractivity contribution in [3.63, 3.8) is 0 Å². The summed E-state index contributed by atoms with van der Waals surface area (Å²) in [6.07, 6.45) is 2.50. The van der Waals surface area contributed by atoms with Gasteiger partial charge in [0.05, 0.1) is 6.61 Å². The number of ether oxygens (including phenoxy) is 1. The predicted molar refractivity (Wildman–Crippen MR) is 68.6 cm³/mol. The first kappa shape index (κ1) is 12.1. The molecule has 1 saturated carbocycles. The second-order valence-electron chi connectivity index (χ2n) is 4.36. The van der Waals surface area contributed by atoms with Crippen LogP contribution >= 0.6 is 0 Å². The van der Waals surface area contributed by atoms with Crippen LogP contribution in [0.2, 0.25) is 0 Å². The monoisotopic (exact) mass is 236 g/mol. The lowest BCUT2D eigenvalue weighted by Gasteiger charge is -2.23. The third-order valence-electron chi connectivity index (χ3n) is 2.88. The van der Waals surface area contributed by atoms with Gasteiger partial charge in [-0.05, 0) is 19.8 Å². The molecule has 0 aromatic carbocycles. The van der Waals surface area contributed by atoms with Gasteiger partial charge in [-0.25, -0.2) is 4.98 Å². The van der Waals surface area contributed by atoms with E-state index < -0.39 is 0 Å². The highest BCUT2D eigenvalue weighted by Crippen LogP contribution is 2.30. The first-order valence-electron chi connectivity index (χ1n) is 6.03. The number of aromatic nitrogens is 2. The molecule has 1 aliphatic rings. The summed E-state index contributed by atoms with van der Waals surface area (Å²) in [6, 6.07) is 2.67. The predicted octanol–water partition coefficient (Wildman–Crippen LogP) is 1.44.